The number of nitrogens with two attached hydrogens (primary N) is 1. The zero-order chi connectivity index (χ0) is 14.3. The Hall–Kier alpha value is -1.96. The summed E-state index contributed by atoms with van der Waals surface area (Å²) in [5, 5.41) is 8.55. The highest BCUT2D eigenvalue weighted by atomic mass is 16.5. The Bertz CT molecular complexity index is 404. The van der Waals surface area contributed by atoms with E-state index in [0.717, 1.165) is 0 Å². The van der Waals surface area contributed by atoms with Crippen LogP contribution in [0.25, 0.3) is 0 Å². The molecule has 106 valence electrons. The molecule has 0 aliphatic rings. The second-order valence-corrected chi connectivity index (χ2v) is 4.42. The van der Waals surface area contributed by atoms with Gasteiger partial charge in [0.05, 0.1) is 12.6 Å². The van der Waals surface area contributed by atoms with Gasteiger partial charge in [-0.15, -0.1) is 0 Å². The van der Waals surface area contributed by atoms with E-state index < -0.39 is 6.04 Å². The second-order valence-electron chi connectivity index (χ2n) is 4.42. The number of rotatable bonds is 7. The first-order valence-corrected chi connectivity index (χ1v) is 6.06. The lowest BCUT2D eigenvalue weighted by Gasteiger charge is -2.14. The summed E-state index contributed by atoms with van der Waals surface area (Å²) in [5.74, 6) is -0.141. The van der Waals surface area contributed by atoms with Crippen LogP contribution in [0.15, 0.2) is 10.9 Å². The molecule has 19 heavy (non-hydrogen) atoms. The molecule has 1 atom stereocenters. The number of aromatic nitrogens is 2. The van der Waals surface area contributed by atoms with E-state index >= 15 is 0 Å². The minimum atomic E-state index is -0.605. The molecule has 0 fully saturated rings. The minimum Gasteiger partial charge on any atom is -0.354 e. The summed E-state index contributed by atoms with van der Waals surface area (Å²) in [6, 6.07) is -0.605. The molecular formula is C11H19N5O3. The van der Waals surface area contributed by atoms with E-state index in [0.29, 0.717) is 18.9 Å². The van der Waals surface area contributed by atoms with Crippen molar-refractivity contribution in [3.05, 3.63) is 12.2 Å². The Balaban J connectivity index is 2.16. The highest BCUT2D eigenvalue weighted by molar-refractivity contribution is 5.87. The Labute approximate surface area is 111 Å². The van der Waals surface area contributed by atoms with Crippen LogP contribution in [-0.2, 0) is 16.0 Å². The molecule has 8 nitrogen and oxygen atoms in total. The van der Waals surface area contributed by atoms with Crippen molar-refractivity contribution in [1.29, 1.82) is 0 Å². The molecule has 0 bridgehead atoms. The van der Waals surface area contributed by atoms with Crippen LogP contribution in [0.3, 0.4) is 0 Å². The summed E-state index contributed by atoms with van der Waals surface area (Å²) in [6.45, 7) is 3.96. The number of carbonyl (C=O) groups is 2. The van der Waals surface area contributed by atoms with Gasteiger partial charge in [0, 0.05) is 13.0 Å². The third-order valence-electron chi connectivity index (χ3n) is 2.51. The summed E-state index contributed by atoms with van der Waals surface area (Å²) in [4.78, 5) is 26.7. The van der Waals surface area contributed by atoms with Crippen LogP contribution in [0.4, 0.5) is 0 Å². The molecule has 1 heterocycles. The Kier molecular flexibility index (Phi) is 5.94. The third-order valence-corrected chi connectivity index (χ3v) is 2.51. The molecule has 0 saturated heterocycles. The van der Waals surface area contributed by atoms with Crippen LogP contribution in [-0.4, -0.2) is 41.1 Å². The normalized spacial score (nSPS) is 12.2. The fourth-order valence-electron chi connectivity index (χ4n) is 1.27. The first-order chi connectivity index (χ1) is 9.00. The van der Waals surface area contributed by atoms with Gasteiger partial charge >= 0.3 is 0 Å². The van der Waals surface area contributed by atoms with Crippen LogP contribution in [0.5, 0.6) is 0 Å². The molecule has 4 N–H and O–H groups in total. The molecule has 0 aromatic carbocycles. The van der Waals surface area contributed by atoms with E-state index in [2.05, 4.69) is 20.8 Å². The van der Waals surface area contributed by atoms with Crippen molar-refractivity contribution in [3.63, 3.8) is 0 Å². The fraction of sp³-hybridized carbons (Fsp3) is 0.636. The lowest BCUT2D eigenvalue weighted by molar-refractivity contribution is -0.127. The Morgan fingerprint density at radius 3 is 2.74 bits per heavy atom. The molecule has 0 aliphatic heterocycles. The van der Waals surface area contributed by atoms with Crippen LogP contribution in [0.1, 0.15) is 19.7 Å². The lowest BCUT2D eigenvalue weighted by Crippen LogP contribution is -2.47. The Morgan fingerprint density at radius 2 is 2.16 bits per heavy atom. The van der Waals surface area contributed by atoms with Crippen LogP contribution >= 0.6 is 0 Å². The molecule has 1 aromatic rings. The number of carbonyl (C=O) groups excluding carboxylic acids is 2. The number of hydrogen-bond acceptors (Lipinski definition) is 6. The van der Waals surface area contributed by atoms with Gasteiger partial charge in [-0.2, -0.15) is 4.98 Å². The second kappa shape index (κ2) is 7.47. The van der Waals surface area contributed by atoms with Crippen molar-refractivity contribution >= 4 is 11.8 Å². The number of nitrogens with zero attached hydrogens (tertiary/aromatic N) is 2. The van der Waals surface area contributed by atoms with Crippen molar-refractivity contribution in [2.45, 2.75) is 26.3 Å². The van der Waals surface area contributed by atoms with E-state index in [1.165, 1.54) is 6.33 Å². The van der Waals surface area contributed by atoms with E-state index in [-0.39, 0.29) is 24.3 Å². The highest BCUT2D eigenvalue weighted by Gasteiger charge is 2.17. The van der Waals surface area contributed by atoms with E-state index in [1.54, 1.807) is 0 Å². The highest BCUT2D eigenvalue weighted by Crippen LogP contribution is 1.97. The van der Waals surface area contributed by atoms with Gasteiger partial charge in [-0.1, -0.05) is 19.0 Å². The first kappa shape index (κ1) is 15.1. The third kappa shape index (κ3) is 5.47. The van der Waals surface area contributed by atoms with E-state index in [1.807, 2.05) is 13.8 Å². The topological polar surface area (TPSA) is 123 Å². The lowest BCUT2D eigenvalue weighted by atomic mass is 10.1. The summed E-state index contributed by atoms with van der Waals surface area (Å²) < 4.78 is 4.77. The summed E-state index contributed by atoms with van der Waals surface area (Å²) in [6.07, 6.45) is 1.75. The molecule has 8 heteroatoms. The minimum absolute atomic E-state index is 0.0283. The molecule has 0 aliphatic carbocycles. The molecule has 1 rings (SSSR count). The van der Waals surface area contributed by atoms with Gasteiger partial charge in [0.15, 0.2) is 6.33 Å². The van der Waals surface area contributed by atoms with Gasteiger partial charge in [0.25, 0.3) is 0 Å². The first-order valence-electron chi connectivity index (χ1n) is 6.06. The van der Waals surface area contributed by atoms with Gasteiger partial charge in [-0.05, 0) is 5.92 Å². The molecular weight excluding hydrogens is 250 g/mol. The largest absolute Gasteiger partial charge is 0.354 e. The smallest absolute Gasteiger partial charge is 0.239 e. The van der Waals surface area contributed by atoms with Crippen molar-refractivity contribution < 1.29 is 14.1 Å². The molecule has 1 aromatic heterocycles. The maximum atomic E-state index is 11.5. The number of amides is 2. The molecule has 2 amide bonds. The van der Waals surface area contributed by atoms with Crippen molar-refractivity contribution in [1.82, 2.24) is 20.8 Å². The van der Waals surface area contributed by atoms with E-state index in [4.69, 9.17) is 10.3 Å². The van der Waals surface area contributed by atoms with Gasteiger partial charge in [-0.3, -0.25) is 9.59 Å². The van der Waals surface area contributed by atoms with Gasteiger partial charge in [-0.25, -0.2) is 0 Å². The van der Waals surface area contributed by atoms with Crippen molar-refractivity contribution in [2.24, 2.45) is 11.7 Å². The summed E-state index contributed by atoms with van der Waals surface area (Å²) in [5.41, 5.74) is 5.64. The number of hydrogen-bond donors (Lipinski definition) is 3. The van der Waals surface area contributed by atoms with Crippen LogP contribution in [0.2, 0.25) is 0 Å². The predicted octanol–water partition coefficient (Wildman–Crippen LogP) is -1.17. The van der Waals surface area contributed by atoms with Gasteiger partial charge in [0.1, 0.15) is 0 Å². The SMILES string of the molecule is CC(C)[C@H](N)C(=O)NCC(=O)NCCc1ncno1. The Morgan fingerprint density at radius 1 is 1.42 bits per heavy atom. The van der Waals surface area contributed by atoms with Crippen molar-refractivity contribution in [2.75, 3.05) is 13.1 Å². The quantitative estimate of drug-likeness (QED) is 0.573. The fourth-order valence-corrected chi connectivity index (χ4v) is 1.27. The number of nitrogens with one attached hydrogen (secondary N) is 2. The van der Waals surface area contributed by atoms with Gasteiger partial charge < -0.3 is 20.9 Å². The summed E-state index contributed by atoms with van der Waals surface area (Å²) in [7, 11) is 0. The van der Waals surface area contributed by atoms with Crippen LogP contribution < -0.4 is 16.4 Å². The standard InChI is InChI=1S/C11H19N5O3/c1-7(2)10(12)11(18)14-5-8(17)13-4-3-9-15-6-16-19-9/h6-7,10H,3-5,12H2,1-2H3,(H,13,17)(H,14,18)/t10-/m0/s1. The zero-order valence-electron chi connectivity index (χ0n) is 11.0. The van der Waals surface area contributed by atoms with Crippen molar-refractivity contribution in [3.8, 4) is 0 Å². The molecule has 0 unspecified atom stereocenters. The zero-order valence-corrected chi connectivity index (χ0v) is 11.0. The molecule has 0 saturated carbocycles. The maximum absolute atomic E-state index is 11.5. The average Bonchev–Trinajstić information content (AvgIpc) is 2.88. The monoisotopic (exact) mass is 269 g/mol. The van der Waals surface area contributed by atoms with Gasteiger partial charge in [0.2, 0.25) is 17.7 Å². The predicted molar refractivity (Wildman–Crippen MR) is 66.8 cm³/mol. The summed E-state index contributed by atoms with van der Waals surface area (Å²) >= 11 is 0. The molecule has 0 radical (unpaired) electrons. The average molecular weight is 269 g/mol. The van der Waals surface area contributed by atoms with Crippen LogP contribution in [0, 0.1) is 5.92 Å². The van der Waals surface area contributed by atoms with E-state index in [9.17, 15) is 9.59 Å². The maximum Gasteiger partial charge on any atom is 0.239 e. The molecule has 0 spiro atoms.